The van der Waals surface area contributed by atoms with Crippen LogP contribution in [0.2, 0.25) is 0 Å². The van der Waals surface area contributed by atoms with Crippen LogP contribution in [0.1, 0.15) is 16.7 Å². The summed E-state index contributed by atoms with van der Waals surface area (Å²) >= 11 is 0. The fraction of sp³-hybridized carbons (Fsp3) is 0.212. The number of rotatable bonds is 10. The summed E-state index contributed by atoms with van der Waals surface area (Å²) in [7, 11) is 5.72. The minimum Gasteiger partial charge on any atom is -0.488 e. The molecule has 0 saturated heterocycles. The molecular weight excluding hydrogens is 516 g/mol. The van der Waals surface area contributed by atoms with Gasteiger partial charge in [0.1, 0.15) is 12.4 Å². The molecule has 2 amide bonds. The Balaban J connectivity index is 1.55. The van der Waals surface area contributed by atoms with Crippen LogP contribution in [0.15, 0.2) is 85.2 Å². The van der Waals surface area contributed by atoms with Gasteiger partial charge >= 0.3 is 0 Å². The maximum Gasteiger partial charge on any atom is 0.259 e. The number of para-hydroxylation sites is 1. The van der Waals surface area contributed by atoms with E-state index in [1.54, 1.807) is 13.3 Å². The molecule has 1 unspecified atom stereocenters. The van der Waals surface area contributed by atoms with Crippen LogP contribution in [0.5, 0.6) is 5.75 Å². The molecule has 1 atom stereocenters. The Morgan fingerprint density at radius 1 is 0.878 bits per heavy atom. The van der Waals surface area contributed by atoms with Crippen molar-refractivity contribution in [3.05, 3.63) is 102 Å². The van der Waals surface area contributed by atoms with E-state index in [1.807, 2.05) is 93.1 Å². The van der Waals surface area contributed by atoms with E-state index in [1.165, 1.54) is 0 Å². The molecule has 0 radical (unpaired) electrons. The average molecular weight is 549 g/mol. The Hall–Kier alpha value is -4.66. The molecule has 0 fully saturated rings. The van der Waals surface area contributed by atoms with E-state index in [0.717, 1.165) is 33.9 Å². The van der Waals surface area contributed by atoms with Crippen molar-refractivity contribution < 1.29 is 19.1 Å². The second kappa shape index (κ2) is 11.1. The van der Waals surface area contributed by atoms with Crippen molar-refractivity contribution in [2.45, 2.75) is 19.3 Å². The number of nitrogens with one attached hydrogen (secondary N) is 2. The number of amides is 2. The van der Waals surface area contributed by atoms with Crippen LogP contribution in [0.3, 0.4) is 0 Å². The first kappa shape index (κ1) is 26.6. The van der Waals surface area contributed by atoms with Gasteiger partial charge in [-0.2, -0.15) is 0 Å². The summed E-state index contributed by atoms with van der Waals surface area (Å²) in [4.78, 5) is 32.2. The van der Waals surface area contributed by atoms with E-state index in [0.29, 0.717) is 41.2 Å². The molecule has 0 spiro atoms. The average Bonchev–Trinajstić information content (AvgIpc) is 3.64. The maximum absolute atomic E-state index is 13.5. The smallest absolute Gasteiger partial charge is 0.259 e. The fourth-order valence-corrected chi connectivity index (χ4v) is 5.60. The number of aromatic amines is 1. The van der Waals surface area contributed by atoms with Crippen LogP contribution in [0.25, 0.3) is 33.0 Å². The monoisotopic (exact) mass is 548 g/mol. The van der Waals surface area contributed by atoms with Crippen molar-refractivity contribution in [1.82, 2.24) is 19.8 Å². The van der Waals surface area contributed by atoms with Gasteiger partial charge in [0, 0.05) is 53.5 Å². The van der Waals surface area contributed by atoms with Crippen molar-refractivity contribution in [3.8, 4) is 5.75 Å². The lowest BCUT2D eigenvalue weighted by Gasteiger charge is -2.20. The van der Waals surface area contributed by atoms with Gasteiger partial charge in [-0.05, 0) is 37.9 Å². The molecule has 1 aliphatic heterocycles. The topological polar surface area (TPSA) is 88.6 Å². The van der Waals surface area contributed by atoms with E-state index in [9.17, 15) is 9.59 Å². The number of H-pyrrole nitrogens is 1. The number of hydrogen-bond donors (Lipinski definition) is 2. The molecule has 0 aliphatic carbocycles. The highest BCUT2D eigenvalue weighted by molar-refractivity contribution is 6.51. The normalized spacial score (nSPS) is 14.4. The zero-order valence-corrected chi connectivity index (χ0v) is 23.3. The summed E-state index contributed by atoms with van der Waals surface area (Å²) < 4.78 is 14.3. The van der Waals surface area contributed by atoms with E-state index in [2.05, 4.69) is 19.8 Å². The van der Waals surface area contributed by atoms with Crippen molar-refractivity contribution in [2.75, 3.05) is 27.7 Å². The number of ether oxygens (including phenoxy) is 2. The zero-order valence-electron chi connectivity index (χ0n) is 23.3. The molecule has 3 heterocycles. The van der Waals surface area contributed by atoms with Crippen LogP contribution < -0.4 is 10.1 Å². The number of carbonyl (C=O) groups excluding carboxylic acids is 2. The van der Waals surface area contributed by atoms with Gasteiger partial charge in [-0.25, -0.2) is 0 Å². The molecule has 8 nitrogen and oxygen atoms in total. The number of methoxy groups -OCH3 is 1. The van der Waals surface area contributed by atoms with E-state index in [-0.39, 0.29) is 6.10 Å². The van der Waals surface area contributed by atoms with Gasteiger partial charge < -0.3 is 23.9 Å². The number of hydrogen-bond acceptors (Lipinski definition) is 5. The third-order valence-corrected chi connectivity index (χ3v) is 7.47. The third kappa shape index (κ3) is 5.03. The molecule has 2 N–H and O–H groups in total. The molecule has 8 heteroatoms. The lowest BCUT2D eigenvalue weighted by Crippen LogP contribution is -2.31. The van der Waals surface area contributed by atoms with Crippen LogP contribution in [0.4, 0.5) is 0 Å². The van der Waals surface area contributed by atoms with Gasteiger partial charge in [0.25, 0.3) is 11.8 Å². The largest absolute Gasteiger partial charge is 0.488 e. The molecule has 3 aromatic carbocycles. The maximum atomic E-state index is 13.5. The van der Waals surface area contributed by atoms with Crippen molar-refractivity contribution in [2.24, 2.45) is 0 Å². The van der Waals surface area contributed by atoms with Crippen LogP contribution >= 0.6 is 0 Å². The second-order valence-electron chi connectivity index (χ2n) is 10.5. The van der Waals surface area contributed by atoms with Crippen LogP contribution in [-0.2, 0) is 27.5 Å². The molecule has 208 valence electrons. The minimum atomic E-state index is -0.427. The summed E-state index contributed by atoms with van der Waals surface area (Å²) in [5.41, 5.74) is 4.83. The number of likely N-dealkylation sites (N-methyl/N-ethyl adjacent to an activating group) is 1. The molecular formula is C33H32N4O4. The fourth-order valence-electron chi connectivity index (χ4n) is 5.60. The van der Waals surface area contributed by atoms with E-state index in [4.69, 9.17) is 9.47 Å². The Bertz CT molecular complexity index is 1780. The Kier molecular flexibility index (Phi) is 7.17. The first-order chi connectivity index (χ1) is 19.9. The van der Waals surface area contributed by atoms with Gasteiger partial charge in [-0.15, -0.1) is 0 Å². The first-order valence-corrected chi connectivity index (χ1v) is 13.6. The van der Waals surface area contributed by atoms with E-state index < -0.39 is 11.8 Å². The van der Waals surface area contributed by atoms with Crippen molar-refractivity contribution >= 4 is 44.8 Å². The van der Waals surface area contributed by atoms with Gasteiger partial charge in [-0.3, -0.25) is 14.9 Å². The third-order valence-electron chi connectivity index (χ3n) is 7.47. The number of imide groups is 1. The standard InChI is InChI=1S/C33H32N4O4/c1-36(2)17-22(40-3)18-37-19-25(29-27(37)14-9-15-28(29)41-20-21-10-5-4-6-11-21)31-30(32(38)35-33(31)39)24-16-34-26-13-8-7-12-23(24)26/h4-16,19,22,34H,17-18,20H2,1-3H3,(H,35,38,39). The molecule has 2 aromatic heterocycles. The molecule has 41 heavy (non-hydrogen) atoms. The summed E-state index contributed by atoms with van der Waals surface area (Å²) in [6.45, 7) is 1.64. The Morgan fingerprint density at radius 2 is 1.61 bits per heavy atom. The summed E-state index contributed by atoms with van der Waals surface area (Å²) in [5, 5.41) is 4.20. The SMILES string of the molecule is COC(CN(C)C)Cn1cc(C2=C(c3c[nH]c4ccccc34)C(=O)NC2=O)c2c(OCc3ccccc3)cccc21. The first-order valence-electron chi connectivity index (χ1n) is 13.6. The van der Waals surface area contributed by atoms with Crippen LogP contribution in [-0.4, -0.2) is 60.1 Å². The minimum absolute atomic E-state index is 0.0940. The Labute approximate surface area is 238 Å². The number of nitrogens with zero attached hydrogens (tertiary/aromatic N) is 2. The number of fused-ring (bicyclic) bond motifs is 2. The van der Waals surface area contributed by atoms with Gasteiger partial charge in [-0.1, -0.05) is 54.6 Å². The lowest BCUT2D eigenvalue weighted by molar-refractivity contribution is -0.122. The highest BCUT2D eigenvalue weighted by atomic mass is 16.5. The van der Waals surface area contributed by atoms with Gasteiger partial charge in [0.15, 0.2) is 0 Å². The zero-order chi connectivity index (χ0) is 28.5. The molecule has 0 bridgehead atoms. The molecule has 1 aliphatic rings. The van der Waals surface area contributed by atoms with Gasteiger partial charge in [0.05, 0.1) is 29.3 Å². The predicted octanol–water partition coefficient (Wildman–Crippen LogP) is 4.85. The highest BCUT2D eigenvalue weighted by Gasteiger charge is 2.36. The second-order valence-corrected chi connectivity index (χ2v) is 10.5. The summed E-state index contributed by atoms with van der Waals surface area (Å²) in [6.07, 6.45) is 3.65. The summed E-state index contributed by atoms with van der Waals surface area (Å²) in [6, 6.07) is 23.6. The lowest BCUT2D eigenvalue weighted by atomic mass is 9.95. The van der Waals surface area contributed by atoms with Crippen LogP contribution in [0, 0.1) is 0 Å². The number of carbonyl (C=O) groups is 2. The number of benzene rings is 3. The predicted molar refractivity (Wildman–Crippen MR) is 160 cm³/mol. The highest BCUT2D eigenvalue weighted by Crippen LogP contribution is 2.41. The van der Waals surface area contributed by atoms with E-state index >= 15 is 0 Å². The summed E-state index contributed by atoms with van der Waals surface area (Å²) in [5.74, 6) is -0.205. The van der Waals surface area contributed by atoms with Gasteiger partial charge in [0.2, 0.25) is 0 Å². The van der Waals surface area contributed by atoms with Crippen molar-refractivity contribution in [1.29, 1.82) is 0 Å². The molecule has 6 rings (SSSR count). The Morgan fingerprint density at radius 3 is 2.37 bits per heavy atom. The molecule has 0 saturated carbocycles. The van der Waals surface area contributed by atoms with Crippen molar-refractivity contribution in [3.63, 3.8) is 0 Å². The number of aromatic nitrogens is 2. The molecule has 5 aromatic rings. The quantitative estimate of drug-likeness (QED) is 0.244.